The molecule has 2 aromatic heterocycles. The molecule has 1 aromatic carbocycles. The average Bonchev–Trinajstić information content (AvgIpc) is 2.96. The van der Waals surface area contributed by atoms with E-state index in [4.69, 9.17) is 4.98 Å². The molecule has 0 aliphatic heterocycles. The minimum atomic E-state index is -3.71. The molecular formula is C21H28N4O2S. The van der Waals surface area contributed by atoms with E-state index in [1.807, 2.05) is 16.8 Å². The van der Waals surface area contributed by atoms with Crippen LogP contribution in [0.1, 0.15) is 46.7 Å². The van der Waals surface area contributed by atoms with Crippen molar-refractivity contribution in [2.75, 3.05) is 4.72 Å². The standard InChI is InChI=1S/C21H28N4O2S/c1-15(2)13-14-25-20-17(11-12-18(22-20)21(3,4)5)19(23-25)24-28(26,27)16-9-7-6-8-10-16/h6-12,15H,13-14H2,1-5H3,(H,23,24). The number of aryl methyl sites for hydroxylation is 1. The average molecular weight is 401 g/mol. The molecule has 1 N–H and O–H groups in total. The molecule has 2 heterocycles. The summed E-state index contributed by atoms with van der Waals surface area (Å²) in [6, 6.07) is 12.2. The highest BCUT2D eigenvalue weighted by Gasteiger charge is 2.22. The van der Waals surface area contributed by atoms with Crippen LogP contribution >= 0.6 is 0 Å². The van der Waals surface area contributed by atoms with Gasteiger partial charge in [-0.05, 0) is 36.6 Å². The van der Waals surface area contributed by atoms with Crippen molar-refractivity contribution < 1.29 is 8.42 Å². The van der Waals surface area contributed by atoms with Gasteiger partial charge in [-0.1, -0.05) is 52.8 Å². The fraction of sp³-hybridized carbons (Fsp3) is 0.429. The van der Waals surface area contributed by atoms with Gasteiger partial charge in [0.2, 0.25) is 0 Å². The van der Waals surface area contributed by atoms with E-state index in [0.717, 1.165) is 12.1 Å². The molecule has 0 atom stereocenters. The second-order valence-electron chi connectivity index (χ2n) is 8.49. The van der Waals surface area contributed by atoms with Gasteiger partial charge in [0.05, 0.1) is 10.3 Å². The van der Waals surface area contributed by atoms with E-state index in [1.54, 1.807) is 30.3 Å². The third-order valence-corrected chi connectivity index (χ3v) is 5.92. The van der Waals surface area contributed by atoms with Gasteiger partial charge in [-0.2, -0.15) is 5.10 Å². The Bertz CT molecular complexity index is 1060. The summed E-state index contributed by atoms with van der Waals surface area (Å²) in [5, 5.41) is 5.26. The van der Waals surface area contributed by atoms with Crippen LogP contribution in [0.25, 0.3) is 11.0 Å². The van der Waals surface area contributed by atoms with Crippen molar-refractivity contribution in [3.63, 3.8) is 0 Å². The topological polar surface area (TPSA) is 76.9 Å². The van der Waals surface area contributed by atoms with Crippen molar-refractivity contribution >= 4 is 26.9 Å². The molecule has 3 rings (SSSR count). The van der Waals surface area contributed by atoms with Crippen LogP contribution in [0.15, 0.2) is 47.4 Å². The van der Waals surface area contributed by atoms with Gasteiger partial charge in [-0.15, -0.1) is 0 Å². The van der Waals surface area contributed by atoms with Gasteiger partial charge < -0.3 is 0 Å². The Morgan fingerprint density at radius 1 is 1.07 bits per heavy atom. The first kappa shape index (κ1) is 20.3. The van der Waals surface area contributed by atoms with E-state index in [2.05, 4.69) is 44.4 Å². The molecule has 0 amide bonds. The van der Waals surface area contributed by atoms with Crippen molar-refractivity contribution in [2.24, 2.45) is 5.92 Å². The van der Waals surface area contributed by atoms with E-state index in [0.29, 0.717) is 29.3 Å². The highest BCUT2D eigenvalue weighted by molar-refractivity contribution is 7.92. The number of aromatic nitrogens is 3. The number of benzene rings is 1. The molecule has 0 radical (unpaired) electrons. The first-order valence-electron chi connectivity index (χ1n) is 9.54. The first-order chi connectivity index (χ1) is 13.1. The third kappa shape index (κ3) is 4.35. The Balaban J connectivity index is 2.07. The van der Waals surface area contributed by atoms with E-state index >= 15 is 0 Å². The summed E-state index contributed by atoms with van der Waals surface area (Å²) in [5.74, 6) is 0.824. The fourth-order valence-electron chi connectivity index (χ4n) is 2.87. The lowest BCUT2D eigenvalue weighted by molar-refractivity contribution is 0.493. The summed E-state index contributed by atoms with van der Waals surface area (Å²) in [4.78, 5) is 5.02. The van der Waals surface area contributed by atoms with Gasteiger partial charge in [-0.25, -0.2) is 18.1 Å². The van der Waals surface area contributed by atoms with Crippen LogP contribution < -0.4 is 4.72 Å². The Kier molecular flexibility index (Phi) is 5.48. The van der Waals surface area contributed by atoms with E-state index in [1.165, 1.54) is 0 Å². The van der Waals surface area contributed by atoms with Gasteiger partial charge in [0.15, 0.2) is 11.5 Å². The minimum absolute atomic E-state index is 0.106. The first-order valence-corrected chi connectivity index (χ1v) is 11.0. The molecule has 6 nitrogen and oxygen atoms in total. The molecule has 150 valence electrons. The number of nitrogens with one attached hydrogen (secondary N) is 1. The minimum Gasteiger partial charge on any atom is -0.261 e. The summed E-state index contributed by atoms with van der Waals surface area (Å²) in [7, 11) is -3.71. The highest BCUT2D eigenvalue weighted by atomic mass is 32.2. The lowest BCUT2D eigenvalue weighted by Crippen LogP contribution is -2.14. The molecule has 0 fully saturated rings. The summed E-state index contributed by atoms with van der Waals surface area (Å²) in [6.07, 6.45) is 0.934. The summed E-state index contributed by atoms with van der Waals surface area (Å²) < 4.78 is 30.0. The zero-order valence-corrected chi connectivity index (χ0v) is 17.9. The van der Waals surface area contributed by atoms with E-state index in [-0.39, 0.29) is 10.3 Å². The maximum atomic E-state index is 12.8. The van der Waals surface area contributed by atoms with Crippen LogP contribution in [0.5, 0.6) is 0 Å². The van der Waals surface area contributed by atoms with Crippen molar-refractivity contribution in [2.45, 2.75) is 57.9 Å². The number of pyridine rings is 1. The zero-order chi connectivity index (χ0) is 20.5. The number of sulfonamides is 1. The van der Waals surface area contributed by atoms with E-state index < -0.39 is 10.0 Å². The molecule has 0 spiro atoms. The molecule has 7 heteroatoms. The fourth-order valence-corrected chi connectivity index (χ4v) is 3.91. The number of rotatable bonds is 6. The summed E-state index contributed by atoms with van der Waals surface area (Å²) >= 11 is 0. The Hall–Kier alpha value is -2.41. The Morgan fingerprint density at radius 2 is 1.75 bits per heavy atom. The normalized spacial score (nSPS) is 12.6. The van der Waals surface area contributed by atoms with Crippen LogP contribution in [0.2, 0.25) is 0 Å². The molecule has 28 heavy (non-hydrogen) atoms. The maximum Gasteiger partial charge on any atom is 0.263 e. The number of fused-ring (bicyclic) bond motifs is 1. The SMILES string of the molecule is CC(C)CCn1nc(NS(=O)(=O)c2ccccc2)c2ccc(C(C)(C)C)nc21. The molecule has 0 unspecified atom stereocenters. The molecule has 3 aromatic rings. The van der Waals surface area contributed by atoms with Crippen LogP contribution in [0, 0.1) is 5.92 Å². The molecule has 0 aliphatic rings. The molecule has 0 saturated carbocycles. The number of hydrogen-bond donors (Lipinski definition) is 1. The lowest BCUT2D eigenvalue weighted by atomic mass is 9.91. The second kappa shape index (κ2) is 7.54. The molecule has 0 bridgehead atoms. The van der Waals surface area contributed by atoms with Gasteiger partial charge in [0.25, 0.3) is 10.0 Å². The zero-order valence-electron chi connectivity index (χ0n) is 17.1. The summed E-state index contributed by atoms with van der Waals surface area (Å²) in [6.45, 7) is 11.3. The Labute approximate surface area is 167 Å². The quantitative estimate of drug-likeness (QED) is 0.657. The van der Waals surface area contributed by atoms with Gasteiger partial charge in [0.1, 0.15) is 0 Å². The highest BCUT2D eigenvalue weighted by Crippen LogP contribution is 2.28. The molecule has 0 aliphatic carbocycles. The van der Waals surface area contributed by atoms with Crippen LogP contribution in [-0.4, -0.2) is 23.2 Å². The smallest absolute Gasteiger partial charge is 0.261 e. The van der Waals surface area contributed by atoms with Crippen LogP contribution in [-0.2, 0) is 22.0 Å². The van der Waals surface area contributed by atoms with Gasteiger partial charge in [0, 0.05) is 17.7 Å². The van der Waals surface area contributed by atoms with E-state index in [9.17, 15) is 8.42 Å². The monoisotopic (exact) mass is 400 g/mol. The largest absolute Gasteiger partial charge is 0.263 e. The summed E-state index contributed by atoms with van der Waals surface area (Å²) in [5.41, 5.74) is 1.55. The number of anilines is 1. The second-order valence-corrected chi connectivity index (χ2v) is 10.2. The third-order valence-electron chi connectivity index (χ3n) is 4.57. The van der Waals surface area contributed by atoms with Crippen molar-refractivity contribution in [1.82, 2.24) is 14.8 Å². The number of hydrogen-bond acceptors (Lipinski definition) is 4. The predicted molar refractivity (Wildman–Crippen MR) is 113 cm³/mol. The van der Waals surface area contributed by atoms with Crippen LogP contribution in [0.3, 0.4) is 0 Å². The number of nitrogens with zero attached hydrogens (tertiary/aromatic N) is 3. The molecule has 0 saturated heterocycles. The van der Waals surface area contributed by atoms with Crippen molar-refractivity contribution in [3.8, 4) is 0 Å². The van der Waals surface area contributed by atoms with Gasteiger partial charge in [-0.3, -0.25) is 4.72 Å². The predicted octanol–water partition coefficient (Wildman–Crippen LogP) is 4.58. The van der Waals surface area contributed by atoms with Crippen molar-refractivity contribution in [3.05, 3.63) is 48.2 Å². The Morgan fingerprint density at radius 3 is 2.36 bits per heavy atom. The van der Waals surface area contributed by atoms with Gasteiger partial charge >= 0.3 is 0 Å². The molecular weight excluding hydrogens is 372 g/mol. The van der Waals surface area contributed by atoms with Crippen molar-refractivity contribution in [1.29, 1.82) is 0 Å². The lowest BCUT2D eigenvalue weighted by Gasteiger charge is -2.17. The van der Waals surface area contributed by atoms with Crippen LogP contribution in [0.4, 0.5) is 5.82 Å². The maximum absolute atomic E-state index is 12.8.